The number of rotatable bonds is 6. The number of ether oxygens (including phenoxy) is 1. The fourth-order valence-electron chi connectivity index (χ4n) is 4.17. The van der Waals surface area contributed by atoms with Crippen molar-refractivity contribution in [2.75, 3.05) is 7.11 Å². The Morgan fingerprint density at radius 3 is 2.34 bits per heavy atom. The largest absolute Gasteiger partial charge is 0.497 e. The maximum atomic E-state index is 6.14. The van der Waals surface area contributed by atoms with E-state index in [2.05, 4.69) is 22.3 Å². The van der Waals surface area contributed by atoms with E-state index in [1.54, 1.807) is 7.11 Å². The van der Waals surface area contributed by atoms with Gasteiger partial charge in [-0.25, -0.2) is 0 Å². The zero-order chi connectivity index (χ0) is 23.8. The minimum absolute atomic E-state index is 0.321. The van der Waals surface area contributed by atoms with E-state index in [0.717, 1.165) is 39.2 Å². The van der Waals surface area contributed by atoms with Crippen LogP contribution < -0.4 is 4.74 Å². The smallest absolute Gasteiger partial charge is 0.284 e. The number of hydrogen-bond donors (Lipinski definition) is 0. The van der Waals surface area contributed by atoms with Gasteiger partial charge in [-0.05, 0) is 30.7 Å². The minimum atomic E-state index is 0.321. The molecule has 0 atom stereocenters. The molecule has 0 amide bonds. The SMILES string of the molecule is COc1ccc2c(C)c(-c3nnc(-c4cc(-c5ccccc5)nn4Cc4ccccc4)o3)oc2c1. The second kappa shape index (κ2) is 8.61. The Hall–Kier alpha value is -4.65. The Labute approximate surface area is 201 Å². The summed E-state index contributed by atoms with van der Waals surface area (Å²) in [4.78, 5) is 0. The molecule has 0 aliphatic carbocycles. The number of fused-ring (bicyclic) bond motifs is 1. The molecular formula is C28H22N4O3. The normalized spacial score (nSPS) is 11.3. The molecule has 6 aromatic rings. The van der Waals surface area contributed by atoms with Crippen LogP contribution in [0.1, 0.15) is 11.1 Å². The standard InChI is InChI=1S/C28H22N4O3/c1-18-22-14-13-21(33-2)15-25(22)34-26(18)28-30-29-27(35-28)24-16-23(20-11-7-4-8-12-20)31-32(24)17-19-9-5-3-6-10-19/h3-16H,17H2,1-2H3. The molecular weight excluding hydrogens is 440 g/mol. The number of aromatic nitrogens is 4. The molecule has 0 N–H and O–H groups in total. The van der Waals surface area contributed by atoms with Crippen LogP contribution in [0.15, 0.2) is 93.8 Å². The first-order valence-corrected chi connectivity index (χ1v) is 11.3. The van der Waals surface area contributed by atoms with E-state index in [1.807, 2.05) is 84.4 Å². The first-order chi connectivity index (χ1) is 17.2. The first-order valence-electron chi connectivity index (χ1n) is 11.3. The molecule has 0 saturated heterocycles. The van der Waals surface area contributed by atoms with Crippen LogP contribution in [0, 0.1) is 6.92 Å². The van der Waals surface area contributed by atoms with Gasteiger partial charge in [-0.1, -0.05) is 60.7 Å². The topological polar surface area (TPSA) is 79.1 Å². The zero-order valence-corrected chi connectivity index (χ0v) is 19.3. The van der Waals surface area contributed by atoms with Gasteiger partial charge < -0.3 is 13.6 Å². The molecule has 6 rings (SSSR count). The van der Waals surface area contributed by atoms with Gasteiger partial charge in [-0.15, -0.1) is 10.2 Å². The van der Waals surface area contributed by atoms with Crippen molar-refractivity contribution in [3.8, 4) is 40.2 Å². The summed E-state index contributed by atoms with van der Waals surface area (Å²) >= 11 is 0. The van der Waals surface area contributed by atoms with Crippen LogP contribution in [0.3, 0.4) is 0 Å². The predicted molar refractivity (Wildman–Crippen MR) is 133 cm³/mol. The lowest BCUT2D eigenvalue weighted by atomic mass is 10.1. The molecule has 3 aromatic heterocycles. The quantitative estimate of drug-likeness (QED) is 0.286. The van der Waals surface area contributed by atoms with Crippen molar-refractivity contribution in [1.82, 2.24) is 20.0 Å². The third-order valence-corrected chi connectivity index (χ3v) is 6.01. The minimum Gasteiger partial charge on any atom is -0.497 e. The van der Waals surface area contributed by atoms with Crippen LogP contribution in [0.2, 0.25) is 0 Å². The van der Waals surface area contributed by atoms with Gasteiger partial charge in [0.25, 0.3) is 11.8 Å². The second-order valence-corrected chi connectivity index (χ2v) is 8.25. The summed E-state index contributed by atoms with van der Waals surface area (Å²) in [6.07, 6.45) is 0. The van der Waals surface area contributed by atoms with Crippen LogP contribution in [0.25, 0.3) is 45.5 Å². The van der Waals surface area contributed by atoms with Crippen molar-refractivity contribution in [3.05, 3.63) is 96.1 Å². The van der Waals surface area contributed by atoms with Crippen LogP contribution in [0.4, 0.5) is 0 Å². The molecule has 3 aromatic carbocycles. The van der Waals surface area contributed by atoms with Gasteiger partial charge in [0.1, 0.15) is 17.0 Å². The molecule has 0 unspecified atom stereocenters. The third kappa shape index (κ3) is 3.87. The second-order valence-electron chi connectivity index (χ2n) is 8.25. The summed E-state index contributed by atoms with van der Waals surface area (Å²) in [6, 6.07) is 27.9. The molecule has 172 valence electrons. The fraction of sp³-hybridized carbons (Fsp3) is 0.107. The summed E-state index contributed by atoms with van der Waals surface area (Å²) in [6.45, 7) is 2.55. The van der Waals surface area contributed by atoms with Gasteiger partial charge in [-0.3, -0.25) is 4.68 Å². The molecule has 3 heterocycles. The van der Waals surface area contributed by atoms with Crippen molar-refractivity contribution in [3.63, 3.8) is 0 Å². The van der Waals surface area contributed by atoms with Crippen LogP contribution in [0.5, 0.6) is 5.75 Å². The van der Waals surface area contributed by atoms with Gasteiger partial charge in [0.15, 0.2) is 5.76 Å². The van der Waals surface area contributed by atoms with Crippen molar-refractivity contribution in [2.45, 2.75) is 13.5 Å². The number of nitrogens with zero attached hydrogens (tertiary/aromatic N) is 4. The molecule has 35 heavy (non-hydrogen) atoms. The summed E-state index contributed by atoms with van der Waals surface area (Å²) in [7, 11) is 1.63. The Morgan fingerprint density at radius 2 is 1.57 bits per heavy atom. The van der Waals surface area contributed by atoms with Gasteiger partial charge in [0.05, 0.1) is 19.3 Å². The molecule has 0 spiro atoms. The Bertz CT molecular complexity index is 1610. The van der Waals surface area contributed by atoms with Crippen molar-refractivity contribution in [1.29, 1.82) is 0 Å². The maximum Gasteiger partial charge on any atom is 0.284 e. The van der Waals surface area contributed by atoms with Crippen molar-refractivity contribution < 1.29 is 13.6 Å². The highest BCUT2D eigenvalue weighted by molar-refractivity contribution is 5.87. The lowest BCUT2D eigenvalue weighted by Crippen LogP contribution is -2.04. The number of aryl methyl sites for hydroxylation is 1. The van der Waals surface area contributed by atoms with Gasteiger partial charge in [0, 0.05) is 22.6 Å². The molecule has 7 heteroatoms. The number of methoxy groups -OCH3 is 1. The van der Waals surface area contributed by atoms with E-state index in [-0.39, 0.29) is 0 Å². The summed E-state index contributed by atoms with van der Waals surface area (Å²) in [5.41, 5.74) is 5.35. The van der Waals surface area contributed by atoms with E-state index in [1.165, 1.54) is 0 Å². The Kier molecular flexibility index (Phi) is 5.15. The average molecular weight is 463 g/mol. The lowest BCUT2D eigenvalue weighted by Gasteiger charge is -2.05. The van der Waals surface area contributed by atoms with Crippen molar-refractivity contribution >= 4 is 11.0 Å². The molecule has 0 aliphatic rings. The highest BCUT2D eigenvalue weighted by atomic mass is 16.5. The van der Waals surface area contributed by atoms with E-state index in [9.17, 15) is 0 Å². The van der Waals surface area contributed by atoms with E-state index >= 15 is 0 Å². The number of hydrogen-bond acceptors (Lipinski definition) is 6. The molecule has 7 nitrogen and oxygen atoms in total. The van der Waals surface area contributed by atoms with E-state index in [0.29, 0.717) is 29.7 Å². The lowest BCUT2D eigenvalue weighted by molar-refractivity contribution is 0.414. The van der Waals surface area contributed by atoms with Gasteiger partial charge in [0.2, 0.25) is 0 Å². The highest BCUT2D eigenvalue weighted by Crippen LogP contribution is 2.35. The van der Waals surface area contributed by atoms with E-state index < -0.39 is 0 Å². The molecule has 0 fully saturated rings. The third-order valence-electron chi connectivity index (χ3n) is 6.01. The maximum absolute atomic E-state index is 6.14. The Morgan fingerprint density at radius 1 is 0.829 bits per heavy atom. The summed E-state index contributed by atoms with van der Waals surface area (Å²) in [5.74, 6) is 1.97. The van der Waals surface area contributed by atoms with Crippen LogP contribution in [-0.2, 0) is 6.54 Å². The highest BCUT2D eigenvalue weighted by Gasteiger charge is 2.22. The van der Waals surface area contributed by atoms with Gasteiger partial charge >= 0.3 is 0 Å². The molecule has 0 aliphatic heterocycles. The molecule has 0 radical (unpaired) electrons. The van der Waals surface area contributed by atoms with Crippen LogP contribution in [-0.4, -0.2) is 27.1 Å². The average Bonchev–Trinajstić information content (AvgIpc) is 3.62. The fourth-order valence-corrected chi connectivity index (χ4v) is 4.17. The monoisotopic (exact) mass is 462 g/mol. The van der Waals surface area contributed by atoms with E-state index in [4.69, 9.17) is 18.7 Å². The van der Waals surface area contributed by atoms with Crippen molar-refractivity contribution in [2.24, 2.45) is 0 Å². The summed E-state index contributed by atoms with van der Waals surface area (Å²) in [5, 5.41) is 14.5. The van der Waals surface area contributed by atoms with Gasteiger partial charge in [-0.2, -0.15) is 5.10 Å². The Balaban J connectivity index is 1.42. The van der Waals surface area contributed by atoms with Crippen LogP contribution >= 0.6 is 0 Å². The predicted octanol–water partition coefficient (Wildman–Crippen LogP) is 6.38. The molecule has 0 saturated carbocycles. The zero-order valence-electron chi connectivity index (χ0n) is 19.3. The number of furan rings is 1. The first kappa shape index (κ1) is 20.9. The summed E-state index contributed by atoms with van der Waals surface area (Å²) < 4.78 is 19.4. The molecule has 0 bridgehead atoms. The number of benzene rings is 3.